The second-order valence-corrected chi connectivity index (χ2v) is 4.00. The third-order valence-electron chi connectivity index (χ3n) is 2.60. The van der Waals surface area contributed by atoms with Crippen LogP contribution in [0.2, 0.25) is 0 Å². The molecule has 4 nitrogen and oxygen atoms in total. The molecular formula is C12H15ClO4. The molecule has 0 aliphatic carbocycles. The zero-order valence-electron chi connectivity index (χ0n) is 9.81. The molecule has 0 radical (unpaired) electrons. The van der Waals surface area contributed by atoms with Crippen molar-refractivity contribution < 1.29 is 18.9 Å². The van der Waals surface area contributed by atoms with Crippen LogP contribution >= 0.6 is 11.6 Å². The van der Waals surface area contributed by atoms with Crippen LogP contribution in [0.25, 0.3) is 0 Å². The molecule has 17 heavy (non-hydrogen) atoms. The highest BCUT2D eigenvalue weighted by Gasteiger charge is 2.27. The molecular weight excluding hydrogens is 244 g/mol. The van der Waals surface area contributed by atoms with E-state index in [4.69, 9.17) is 30.5 Å². The first-order valence-electron chi connectivity index (χ1n) is 5.33. The number of benzene rings is 1. The summed E-state index contributed by atoms with van der Waals surface area (Å²) < 4.78 is 21.5. The van der Waals surface area contributed by atoms with Crippen molar-refractivity contribution in [3.63, 3.8) is 0 Å². The molecule has 5 heteroatoms. The Balaban J connectivity index is 2.16. The minimum Gasteiger partial charge on any atom is -0.493 e. The van der Waals surface area contributed by atoms with Crippen molar-refractivity contribution in [1.82, 2.24) is 0 Å². The summed E-state index contributed by atoms with van der Waals surface area (Å²) in [5, 5.41) is 0. The maximum atomic E-state index is 5.72. The molecule has 1 aliphatic heterocycles. The van der Waals surface area contributed by atoms with Gasteiger partial charge >= 0.3 is 0 Å². The lowest BCUT2D eigenvalue weighted by atomic mass is 10.2. The molecule has 1 aliphatic rings. The summed E-state index contributed by atoms with van der Waals surface area (Å²) in [5.41, 5.74) is 0.898. The van der Waals surface area contributed by atoms with Gasteiger partial charge in [-0.05, 0) is 12.1 Å². The number of methoxy groups -OCH3 is 2. The minimum absolute atomic E-state index is 0.0465. The lowest BCUT2D eigenvalue weighted by Gasteiger charge is -2.13. The minimum atomic E-state index is -0.376. The zero-order valence-corrected chi connectivity index (χ0v) is 10.6. The fourth-order valence-electron chi connectivity index (χ4n) is 1.70. The van der Waals surface area contributed by atoms with Crippen LogP contribution in [0.3, 0.4) is 0 Å². The van der Waals surface area contributed by atoms with Crippen LogP contribution in [0, 0.1) is 0 Å². The van der Waals surface area contributed by atoms with Crippen LogP contribution in [0.4, 0.5) is 0 Å². The van der Waals surface area contributed by atoms with E-state index in [1.54, 1.807) is 14.2 Å². The van der Waals surface area contributed by atoms with Crippen molar-refractivity contribution in [2.24, 2.45) is 0 Å². The molecule has 0 spiro atoms. The molecule has 2 atom stereocenters. The Labute approximate surface area is 105 Å². The number of alkyl halides is 1. The van der Waals surface area contributed by atoms with Crippen molar-refractivity contribution in [3.8, 4) is 11.5 Å². The highest BCUT2D eigenvalue weighted by molar-refractivity contribution is 6.18. The molecule has 0 N–H and O–H groups in total. The molecule has 1 fully saturated rings. The van der Waals surface area contributed by atoms with E-state index >= 15 is 0 Å². The summed E-state index contributed by atoms with van der Waals surface area (Å²) in [6.45, 7) is 0.516. The summed E-state index contributed by atoms with van der Waals surface area (Å²) in [6.07, 6.45) is -0.423. The van der Waals surface area contributed by atoms with E-state index in [0.29, 0.717) is 24.0 Å². The maximum Gasteiger partial charge on any atom is 0.184 e. The second kappa shape index (κ2) is 5.58. The average Bonchev–Trinajstić information content (AvgIpc) is 2.86. The van der Waals surface area contributed by atoms with Gasteiger partial charge in [0.25, 0.3) is 0 Å². The summed E-state index contributed by atoms with van der Waals surface area (Å²) in [5.74, 6) is 1.78. The molecule has 0 amide bonds. The quantitative estimate of drug-likeness (QED) is 0.777. The van der Waals surface area contributed by atoms with Crippen LogP contribution < -0.4 is 9.47 Å². The molecule has 0 bridgehead atoms. The van der Waals surface area contributed by atoms with Gasteiger partial charge in [0.2, 0.25) is 0 Å². The van der Waals surface area contributed by atoms with Crippen molar-refractivity contribution in [2.75, 3.05) is 26.7 Å². The van der Waals surface area contributed by atoms with Gasteiger partial charge in [0, 0.05) is 5.56 Å². The number of halogens is 1. The lowest BCUT2D eigenvalue weighted by molar-refractivity contribution is -0.0568. The van der Waals surface area contributed by atoms with Crippen molar-refractivity contribution in [2.45, 2.75) is 12.4 Å². The average molecular weight is 259 g/mol. The van der Waals surface area contributed by atoms with Gasteiger partial charge in [-0.2, -0.15) is 0 Å². The van der Waals surface area contributed by atoms with Crippen LogP contribution in [-0.2, 0) is 9.47 Å². The normalized spacial score (nSPS) is 23.7. The summed E-state index contributed by atoms with van der Waals surface area (Å²) in [7, 11) is 3.20. The molecule has 1 saturated heterocycles. The number of hydrogen-bond donors (Lipinski definition) is 0. The fourth-order valence-corrected chi connectivity index (χ4v) is 1.87. The van der Waals surface area contributed by atoms with E-state index < -0.39 is 0 Å². The number of hydrogen-bond acceptors (Lipinski definition) is 4. The van der Waals surface area contributed by atoms with E-state index in [1.807, 2.05) is 18.2 Å². The van der Waals surface area contributed by atoms with E-state index in [9.17, 15) is 0 Å². The largest absolute Gasteiger partial charge is 0.493 e. The third kappa shape index (κ3) is 2.65. The number of rotatable bonds is 4. The molecule has 0 unspecified atom stereocenters. The first-order chi connectivity index (χ1) is 8.28. The first-order valence-corrected chi connectivity index (χ1v) is 5.87. The molecule has 1 aromatic carbocycles. The Kier molecular flexibility index (Phi) is 4.10. The van der Waals surface area contributed by atoms with E-state index in [2.05, 4.69) is 0 Å². The van der Waals surface area contributed by atoms with Crippen molar-refractivity contribution >= 4 is 11.6 Å². The number of ether oxygens (including phenoxy) is 4. The Hall–Kier alpha value is -0.970. The van der Waals surface area contributed by atoms with Gasteiger partial charge in [-0.25, -0.2) is 0 Å². The second-order valence-electron chi connectivity index (χ2n) is 3.69. The van der Waals surface area contributed by atoms with Gasteiger partial charge in [0.05, 0.1) is 32.8 Å². The topological polar surface area (TPSA) is 36.9 Å². The Morgan fingerprint density at radius 3 is 2.65 bits per heavy atom. The predicted molar refractivity (Wildman–Crippen MR) is 63.8 cm³/mol. The monoisotopic (exact) mass is 258 g/mol. The summed E-state index contributed by atoms with van der Waals surface area (Å²) in [6, 6.07) is 5.57. The first kappa shape index (κ1) is 12.5. The van der Waals surface area contributed by atoms with E-state index in [-0.39, 0.29) is 12.4 Å². The smallest absolute Gasteiger partial charge is 0.184 e. The van der Waals surface area contributed by atoms with Crippen molar-refractivity contribution in [1.29, 1.82) is 0 Å². The SMILES string of the molecule is COc1ccc([C@@H]2OC[C@@H](CCl)O2)cc1OC. The predicted octanol–water partition coefficient (Wildman–Crippen LogP) is 2.36. The van der Waals surface area contributed by atoms with Gasteiger partial charge in [-0.3, -0.25) is 0 Å². The summed E-state index contributed by atoms with van der Waals surface area (Å²) >= 11 is 5.72. The van der Waals surface area contributed by atoms with Gasteiger partial charge in [-0.1, -0.05) is 6.07 Å². The summed E-state index contributed by atoms with van der Waals surface area (Å²) in [4.78, 5) is 0. The van der Waals surface area contributed by atoms with Crippen LogP contribution in [-0.4, -0.2) is 32.8 Å². The standard InChI is InChI=1S/C12H15ClO4/c1-14-10-4-3-8(5-11(10)15-2)12-16-7-9(6-13)17-12/h3-5,9,12H,6-7H2,1-2H3/t9-,12-/m1/s1. The Bertz CT molecular complexity index is 383. The highest BCUT2D eigenvalue weighted by atomic mass is 35.5. The van der Waals surface area contributed by atoms with Crippen LogP contribution in [0.1, 0.15) is 11.9 Å². The fraction of sp³-hybridized carbons (Fsp3) is 0.500. The molecule has 2 rings (SSSR count). The van der Waals surface area contributed by atoms with E-state index in [0.717, 1.165) is 5.56 Å². The van der Waals surface area contributed by atoms with Gasteiger partial charge in [0.15, 0.2) is 17.8 Å². The maximum absolute atomic E-state index is 5.72. The zero-order chi connectivity index (χ0) is 12.3. The molecule has 94 valence electrons. The van der Waals surface area contributed by atoms with E-state index in [1.165, 1.54) is 0 Å². The molecule has 1 aromatic rings. The molecule has 0 saturated carbocycles. The van der Waals surface area contributed by atoms with Gasteiger partial charge in [-0.15, -0.1) is 11.6 Å². The van der Waals surface area contributed by atoms with Gasteiger partial charge < -0.3 is 18.9 Å². The highest BCUT2D eigenvalue weighted by Crippen LogP contribution is 2.34. The molecule has 0 aromatic heterocycles. The Morgan fingerprint density at radius 1 is 1.29 bits per heavy atom. The van der Waals surface area contributed by atoms with Crippen LogP contribution in [0.15, 0.2) is 18.2 Å². The lowest BCUT2D eigenvalue weighted by Crippen LogP contribution is -2.10. The molecule has 1 heterocycles. The van der Waals surface area contributed by atoms with Crippen molar-refractivity contribution in [3.05, 3.63) is 23.8 Å². The Morgan fingerprint density at radius 2 is 2.06 bits per heavy atom. The third-order valence-corrected chi connectivity index (χ3v) is 2.95. The van der Waals surface area contributed by atoms with Crippen LogP contribution in [0.5, 0.6) is 11.5 Å². The van der Waals surface area contributed by atoms with Gasteiger partial charge in [0.1, 0.15) is 0 Å².